The molecule has 2 aliphatic rings. The minimum atomic E-state index is -0.282. The Morgan fingerprint density at radius 2 is 1.76 bits per heavy atom. The van der Waals surface area contributed by atoms with Gasteiger partial charge < -0.3 is 9.64 Å². The number of nitrogens with zero attached hydrogens (tertiary/aromatic N) is 4. The molecule has 7 nitrogen and oxygen atoms in total. The normalized spacial score (nSPS) is 18.9. The molecule has 0 aromatic heterocycles. The van der Waals surface area contributed by atoms with Gasteiger partial charge in [-0.2, -0.15) is 5.10 Å². The van der Waals surface area contributed by atoms with Gasteiger partial charge in [0, 0.05) is 32.6 Å². The van der Waals surface area contributed by atoms with Gasteiger partial charge in [0.2, 0.25) is 0 Å². The molecule has 7 heteroatoms. The quantitative estimate of drug-likeness (QED) is 0.699. The molecule has 2 aromatic rings. The highest BCUT2D eigenvalue weighted by Gasteiger charge is 2.35. The van der Waals surface area contributed by atoms with Crippen molar-refractivity contribution in [2.45, 2.75) is 33.2 Å². The van der Waals surface area contributed by atoms with Gasteiger partial charge in [0.25, 0.3) is 5.91 Å². The Kier molecular flexibility index (Phi) is 7.08. The summed E-state index contributed by atoms with van der Waals surface area (Å²) in [6.07, 6.45) is 0.409. The molecule has 1 saturated heterocycles. The average Bonchev–Trinajstić information content (AvgIpc) is 3.27. The predicted octanol–water partition coefficient (Wildman–Crippen LogP) is 3.76. The summed E-state index contributed by atoms with van der Waals surface area (Å²) in [6, 6.07) is 16.3. The smallest absolute Gasteiger partial charge is 0.409 e. The fourth-order valence-electron chi connectivity index (χ4n) is 4.47. The van der Waals surface area contributed by atoms with Gasteiger partial charge >= 0.3 is 6.09 Å². The molecule has 0 saturated carbocycles. The van der Waals surface area contributed by atoms with E-state index in [1.54, 1.807) is 16.8 Å². The van der Waals surface area contributed by atoms with Crippen LogP contribution in [0.3, 0.4) is 0 Å². The third-order valence-electron chi connectivity index (χ3n) is 6.32. The van der Waals surface area contributed by atoms with Crippen LogP contribution in [0.5, 0.6) is 0 Å². The molecule has 1 fully saturated rings. The van der Waals surface area contributed by atoms with Gasteiger partial charge in [-0.1, -0.05) is 54.1 Å². The van der Waals surface area contributed by atoms with Gasteiger partial charge in [0.15, 0.2) is 0 Å². The van der Waals surface area contributed by atoms with E-state index in [4.69, 9.17) is 9.84 Å². The Hall–Kier alpha value is -3.19. The first-order valence-electron chi connectivity index (χ1n) is 11.6. The topological polar surface area (TPSA) is 65.5 Å². The SMILES string of the molecule is CCOC(=O)N1CCN(CC(=O)N2N=C(c3ccccc3)C[C@@H]2c2cc(C)ccc2C)CC1. The Bertz CT molecular complexity index is 1030. The zero-order valence-corrected chi connectivity index (χ0v) is 19.7. The Morgan fingerprint density at radius 1 is 1.03 bits per heavy atom. The van der Waals surface area contributed by atoms with Crippen LogP contribution in [0, 0.1) is 13.8 Å². The first-order valence-corrected chi connectivity index (χ1v) is 11.6. The van der Waals surface area contributed by atoms with Crippen LogP contribution < -0.4 is 0 Å². The van der Waals surface area contributed by atoms with E-state index in [-0.39, 0.29) is 24.6 Å². The van der Waals surface area contributed by atoms with Gasteiger partial charge in [0.1, 0.15) is 0 Å². The van der Waals surface area contributed by atoms with Crippen LogP contribution in [0.25, 0.3) is 0 Å². The maximum atomic E-state index is 13.5. The van der Waals surface area contributed by atoms with Gasteiger partial charge in [-0.3, -0.25) is 9.69 Å². The lowest BCUT2D eigenvalue weighted by molar-refractivity contribution is -0.134. The highest BCUT2D eigenvalue weighted by molar-refractivity contribution is 6.03. The summed E-state index contributed by atoms with van der Waals surface area (Å²) in [5.41, 5.74) is 5.46. The van der Waals surface area contributed by atoms with Crippen molar-refractivity contribution in [2.75, 3.05) is 39.3 Å². The molecule has 4 rings (SSSR count). The predicted molar refractivity (Wildman–Crippen MR) is 128 cm³/mol. The van der Waals surface area contributed by atoms with Crippen LogP contribution in [0.1, 0.15) is 41.6 Å². The number of piperazine rings is 1. The number of carbonyl (C=O) groups is 2. The lowest BCUT2D eigenvalue weighted by Gasteiger charge is -2.34. The Morgan fingerprint density at radius 3 is 2.45 bits per heavy atom. The number of hydrogen-bond donors (Lipinski definition) is 0. The van der Waals surface area contributed by atoms with E-state index in [0.717, 1.165) is 22.4 Å². The molecule has 0 N–H and O–H groups in total. The number of hydrazone groups is 1. The molecule has 0 radical (unpaired) electrons. The highest BCUT2D eigenvalue weighted by atomic mass is 16.6. The van der Waals surface area contributed by atoms with Crippen molar-refractivity contribution < 1.29 is 14.3 Å². The summed E-state index contributed by atoms with van der Waals surface area (Å²) in [7, 11) is 0. The summed E-state index contributed by atoms with van der Waals surface area (Å²) in [5.74, 6) is -0.0172. The molecule has 174 valence electrons. The summed E-state index contributed by atoms with van der Waals surface area (Å²) in [6.45, 7) is 9.02. The first-order chi connectivity index (χ1) is 16.0. The van der Waals surface area contributed by atoms with Crippen LogP contribution >= 0.6 is 0 Å². The zero-order valence-electron chi connectivity index (χ0n) is 19.7. The summed E-state index contributed by atoms with van der Waals surface area (Å²) in [4.78, 5) is 29.2. The van der Waals surface area contributed by atoms with Gasteiger partial charge in [0.05, 0.1) is 24.9 Å². The van der Waals surface area contributed by atoms with Crippen molar-refractivity contribution in [2.24, 2.45) is 5.10 Å². The van der Waals surface area contributed by atoms with E-state index >= 15 is 0 Å². The van der Waals surface area contributed by atoms with Crippen molar-refractivity contribution >= 4 is 17.7 Å². The molecule has 0 bridgehead atoms. The van der Waals surface area contributed by atoms with Crippen LogP contribution in [0.15, 0.2) is 53.6 Å². The summed E-state index contributed by atoms with van der Waals surface area (Å²) in [5, 5.41) is 6.49. The number of ether oxygens (including phenoxy) is 1. The van der Waals surface area contributed by atoms with E-state index in [0.29, 0.717) is 39.2 Å². The van der Waals surface area contributed by atoms with E-state index in [1.165, 1.54) is 5.56 Å². The Balaban J connectivity index is 1.51. The monoisotopic (exact) mass is 448 g/mol. The van der Waals surface area contributed by atoms with Crippen molar-refractivity contribution in [1.82, 2.24) is 14.8 Å². The fraction of sp³-hybridized carbons (Fsp3) is 0.423. The standard InChI is InChI=1S/C26H32N4O3/c1-4-33-26(32)29-14-12-28(13-15-29)18-25(31)30-24(22-16-19(2)10-11-20(22)3)17-23(27-30)21-8-6-5-7-9-21/h5-11,16,24H,4,12-15,17-18H2,1-3H3/t24-/m1/s1. The van der Waals surface area contributed by atoms with E-state index in [9.17, 15) is 9.59 Å². The van der Waals surface area contributed by atoms with Crippen LogP contribution in [-0.4, -0.2) is 71.9 Å². The zero-order chi connectivity index (χ0) is 23.4. The van der Waals surface area contributed by atoms with E-state index in [2.05, 4.69) is 36.9 Å². The van der Waals surface area contributed by atoms with Crippen molar-refractivity contribution in [3.05, 3.63) is 70.8 Å². The number of carbonyl (C=O) groups excluding carboxylic acids is 2. The van der Waals surface area contributed by atoms with Crippen molar-refractivity contribution in [3.8, 4) is 0 Å². The number of aryl methyl sites for hydroxylation is 2. The minimum Gasteiger partial charge on any atom is -0.450 e. The summed E-state index contributed by atoms with van der Waals surface area (Å²) < 4.78 is 5.09. The number of amides is 2. The van der Waals surface area contributed by atoms with E-state index in [1.807, 2.05) is 30.3 Å². The van der Waals surface area contributed by atoms with Crippen LogP contribution in [-0.2, 0) is 9.53 Å². The van der Waals surface area contributed by atoms with Gasteiger partial charge in [-0.05, 0) is 37.5 Å². The molecule has 2 aromatic carbocycles. The molecule has 2 amide bonds. The molecule has 1 atom stereocenters. The lowest BCUT2D eigenvalue weighted by Crippen LogP contribution is -2.51. The van der Waals surface area contributed by atoms with Gasteiger partial charge in [-0.25, -0.2) is 9.80 Å². The average molecular weight is 449 g/mol. The molecule has 33 heavy (non-hydrogen) atoms. The fourth-order valence-corrected chi connectivity index (χ4v) is 4.47. The number of hydrogen-bond acceptors (Lipinski definition) is 5. The maximum absolute atomic E-state index is 13.5. The highest BCUT2D eigenvalue weighted by Crippen LogP contribution is 2.35. The molecular weight excluding hydrogens is 416 g/mol. The molecular formula is C26H32N4O3. The molecule has 2 heterocycles. The van der Waals surface area contributed by atoms with Crippen molar-refractivity contribution in [1.29, 1.82) is 0 Å². The molecule has 0 aliphatic carbocycles. The number of benzene rings is 2. The summed E-state index contributed by atoms with van der Waals surface area (Å²) >= 11 is 0. The number of rotatable bonds is 5. The van der Waals surface area contributed by atoms with Crippen LogP contribution in [0.2, 0.25) is 0 Å². The second kappa shape index (κ2) is 10.2. The lowest BCUT2D eigenvalue weighted by atomic mass is 9.94. The first kappa shape index (κ1) is 23.0. The molecule has 2 aliphatic heterocycles. The van der Waals surface area contributed by atoms with Gasteiger partial charge in [-0.15, -0.1) is 0 Å². The third kappa shape index (κ3) is 5.25. The molecule has 0 spiro atoms. The van der Waals surface area contributed by atoms with E-state index < -0.39 is 0 Å². The minimum absolute atomic E-state index is 0.0172. The Labute approximate surface area is 195 Å². The second-order valence-electron chi connectivity index (χ2n) is 8.69. The van der Waals surface area contributed by atoms with Crippen LogP contribution in [0.4, 0.5) is 4.79 Å². The third-order valence-corrected chi connectivity index (χ3v) is 6.32. The second-order valence-corrected chi connectivity index (χ2v) is 8.69. The largest absolute Gasteiger partial charge is 0.450 e. The molecule has 0 unspecified atom stereocenters. The maximum Gasteiger partial charge on any atom is 0.409 e. The van der Waals surface area contributed by atoms with Crippen molar-refractivity contribution in [3.63, 3.8) is 0 Å².